The molecular weight excluding hydrogens is 208 g/mol. The minimum Gasteiger partial charge on any atom is -0.368 e. The second kappa shape index (κ2) is 6.44. The Balaban J connectivity index is 1.90. The van der Waals surface area contributed by atoms with Gasteiger partial charge < -0.3 is 22.1 Å². The summed E-state index contributed by atoms with van der Waals surface area (Å²) in [5.41, 5.74) is 10.4. The molecule has 1 atom stereocenters. The Labute approximate surface area is 95.1 Å². The van der Waals surface area contributed by atoms with Gasteiger partial charge in [0.25, 0.3) is 0 Å². The lowest BCUT2D eigenvalue weighted by molar-refractivity contribution is -0.121. The predicted molar refractivity (Wildman–Crippen MR) is 60.4 cm³/mol. The summed E-state index contributed by atoms with van der Waals surface area (Å²) in [7, 11) is 0. The van der Waals surface area contributed by atoms with E-state index in [9.17, 15) is 9.59 Å². The highest BCUT2D eigenvalue weighted by molar-refractivity contribution is 5.79. The Kier molecular flexibility index (Phi) is 5.21. The first-order valence-electron chi connectivity index (χ1n) is 5.64. The third-order valence-corrected chi connectivity index (χ3v) is 2.43. The molecule has 0 spiro atoms. The molecule has 16 heavy (non-hydrogen) atoms. The van der Waals surface area contributed by atoms with Crippen molar-refractivity contribution < 1.29 is 9.59 Å². The van der Waals surface area contributed by atoms with E-state index in [0.717, 1.165) is 19.3 Å². The van der Waals surface area contributed by atoms with Gasteiger partial charge >= 0.3 is 0 Å². The molecule has 6 nitrogen and oxygen atoms in total. The lowest BCUT2D eigenvalue weighted by atomic mass is 10.2. The van der Waals surface area contributed by atoms with E-state index in [1.54, 1.807) is 0 Å². The van der Waals surface area contributed by atoms with Crippen LogP contribution in [0.3, 0.4) is 0 Å². The monoisotopic (exact) mass is 228 g/mol. The highest BCUT2D eigenvalue weighted by atomic mass is 16.2. The van der Waals surface area contributed by atoms with Crippen LogP contribution in [-0.4, -0.2) is 37.0 Å². The Hall–Kier alpha value is -1.14. The van der Waals surface area contributed by atoms with Crippen LogP contribution in [0.25, 0.3) is 0 Å². The molecular formula is C10H20N4O2. The van der Waals surface area contributed by atoms with E-state index in [1.807, 2.05) is 0 Å². The van der Waals surface area contributed by atoms with Crippen molar-refractivity contribution in [1.82, 2.24) is 10.6 Å². The number of hydrogen-bond donors (Lipinski definition) is 4. The number of carbonyl (C=O) groups excluding carboxylic acids is 2. The number of rotatable bonds is 8. The lowest BCUT2D eigenvalue weighted by Gasteiger charge is -2.08. The Morgan fingerprint density at radius 1 is 1.38 bits per heavy atom. The first-order valence-corrected chi connectivity index (χ1v) is 5.64. The molecule has 0 heterocycles. The predicted octanol–water partition coefficient (Wildman–Crippen LogP) is -1.55. The van der Waals surface area contributed by atoms with Crippen LogP contribution in [0, 0.1) is 0 Å². The second-order valence-corrected chi connectivity index (χ2v) is 4.16. The van der Waals surface area contributed by atoms with Gasteiger partial charge in [0.15, 0.2) is 0 Å². The number of nitrogens with one attached hydrogen (secondary N) is 2. The summed E-state index contributed by atoms with van der Waals surface area (Å²) in [6, 6.07) is -0.232. The lowest BCUT2D eigenvalue weighted by Crippen LogP contribution is -2.44. The molecule has 0 aromatic heterocycles. The van der Waals surface area contributed by atoms with Crippen molar-refractivity contribution >= 4 is 11.8 Å². The smallest absolute Gasteiger partial charge is 0.235 e. The zero-order valence-electron chi connectivity index (χ0n) is 9.37. The molecule has 0 aromatic rings. The van der Waals surface area contributed by atoms with Gasteiger partial charge in [0.05, 0.1) is 6.04 Å². The summed E-state index contributed by atoms with van der Waals surface area (Å²) in [6.45, 7) is 1.03. The molecule has 1 saturated carbocycles. The maximum absolute atomic E-state index is 11.3. The minimum atomic E-state index is -0.653. The highest BCUT2D eigenvalue weighted by Gasteiger charge is 2.22. The third-order valence-electron chi connectivity index (χ3n) is 2.43. The fourth-order valence-corrected chi connectivity index (χ4v) is 1.26. The van der Waals surface area contributed by atoms with Gasteiger partial charge in [0.2, 0.25) is 11.8 Å². The summed E-state index contributed by atoms with van der Waals surface area (Å²) in [5, 5.41) is 5.89. The number of carbonyl (C=O) groups is 2. The Bertz CT molecular complexity index is 253. The van der Waals surface area contributed by atoms with Gasteiger partial charge in [-0.1, -0.05) is 0 Å². The van der Waals surface area contributed by atoms with Crippen molar-refractivity contribution in [3.8, 4) is 0 Å². The van der Waals surface area contributed by atoms with Gasteiger partial charge in [-0.15, -0.1) is 0 Å². The average Bonchev–Trinajstić information content (AvgIpc) is 3.00. The molecule has 0 bridgehead atoms. The van der Waals surface area contributed by atoms with Gasteiger partial charge in [0, 0.05) is 19.0 Å². The molecule has 0 radical (unpaired) electrons. The van der Waals surface area contributed by atoms with Crippen molar-refractivity contribution in [2.24, 2.45) is 11.5 Å². The van der Waals surface area contributed by atoms with Gasteiger partial charge in [0.1, 0.15) is 0 Å². The van der Waals surface area contributed by atoms with Crippen LogP contribution in [0.1, 0.15) is 25.7 Å². The summed E-state index contributed by atoms with van der Waals surface area (Å²) >= 11 is 0. The van der Waals surface area contributed by atoms with Crippen molar-refractivity contribution in [1.29, 1.82) is 0 Å². The fourth-order valence-electron chi connectivity index (χ4n) is 1.26. The van der Waals surface area contributed by atoms with E-state index >= 15 is 0 Å². The topological polar surface area (TPSA) is 110 Å². The van der Waals surface area contributed by atoms with Crippen molar-refractivity contribution in [3.05, 3.63) is 0 Å². The quantitative estimate of drug-likeness (QED) is 0.377. The molecule has 1 aliphatic rings. The van der Waals surface area contributed by atoms with Crippen LogP contribution in [0.5, 0.6) is 0 Å². The van der Waals surface area contributed by atoms with Gasteiger partial charge in [-0.25, -0.2) is 0 Å². The van der Waals surface area contributed by atoms with Crippen LogP contribution >= 0.6 is 0 Å². The standard InChI is InChI=1S/C10H20N4O2/c11-8(10(12)16)6-13-5-1-2-9(15)14-7-3-4-7/h7-8,13H,1-6,11H2,(H2,12,16)(H,14,15). The van der Waals surface area contributed by atoms with Crippen LogP contribution < -0.4 is 22.1 Å². The van der Waals surface area contributed by atoms with E-state index in [-0.39, 0.29) is 5.91 Å². The first-order chi connectivity index (χ1) is 7.59. The van der Waals surface area contributed by atoms with Crippen LogP contribution in [0.2, 0.25) is 0 Å². The van der Waals surface area contributed by atoms with Gasteiger partial charge in [-0.05, 0) is 25.8 Å². The maximum Gasteiger partial charge on any atom is 0.235 e. The second-order valence-electron chi connectivity index (χ2n) is 4.16. The summed E-state index contributed by atoms with van der Waals surface area (Å²) in [5.74, 6) is -0.414. The molecule has 6 heteroatoms. The van der Waals surface area contributed by atoms with E-state index in [0.29, 0.717) is 25.6 Å². The van der Waals surface area contributed by atoms with Crippen LogP contribution in [-0.2, 0) is 9.59 Å². The van der Waals surface area contributed by atoms with Gasteiger partial charge in [-0.2, -0.15) is 0 Å². The molecule has 1 aliphatic carbocycles. The highest BCUT2D eigenvalue weighted by Crippen LogP contribution is 2.18. The van der Waals surface area contributed by atoms with E-state index < -0.39 is 11.9 Å². The molecule has 0 saturated heterocycles. The summed E-state index contributed by atoms with van der Waals surface area (Å²) in [6.07, 6.45) is 3.47. The molecule has 1 unspecified atom stereocenters. The normalized spacial score (nSPS) is 16.8. The van der Waals surface area contributed by atoms with E-state index in [1.165, 1.54) is 0 Å². The number of nitrogens with two attached hydrogens (primary N) is 2. The molecule has 1 rings (SSSR count). The van der Waals surface area contributed by atoms with Crippen LogP contribution in [0.15, 0.2) is 0 Å². The SMILES string of the molecule is NC(=O)C(N)CNCCCC(=O)NC1CC1. The molecule has 0 aliphatic heterocycles. The van der Waals surface area contributed by atoms with Crippen molar-refractivity contribution in [3.63, 3.8) is 0 Å². The molecule has 92 valence electrons. The number of amides is 2. The van der Waals surface area contributed by atoms with Gasteiger partial charge in [-0.3, -0.25) is 9.59 Å². The van der Waals surface area contributed by atoms with Crippen molar-refractivity contribution in [2.45, 2.75) is 37.8 Å². The largest absolute Gasteiger partial charge is 0.368 e. The molecule has 0 aromatic carbocycles. The minimum absolute atomic E-state index is 0.100. The zero-order chi connectivity index (χ0) is 12.0. The Morgan fingerprint density at radius 2 is 2.06 bits per heavy atom. The molecule has 2 amide bonds. The molecule has 1 fully saturated rings. The zero-order valence-corrected chi connectivity index (χ0v) is 9.37. The van der Waals surface area contributed by atoms with Crippen LogP contribution in [0.4, 0.5) is 0 Å². The maximum atomic E-state index is 11.3. The summed E-state index contributed by atoms with van der Waals surface area (Å²) < 4.78 is 0. The van der Waals surface area contributed by atoms with E-state index in [2.05, 4.69) is 10.6 Å². The fraction of sp³-hybridized carbons (Fsp3) is 0.800. The first kappa shape index (κ1) is 12.9. The number of hydrogen-bond acceptors (Lipinski definition) is 4. The Morgan fingerprint density at radius 3 is 2.62 bits per heavy atom. The third kappa shape index (κ3) is 5.67. The number of primary amides is 1. The average molecular weight is 228 g/mol. The van der Waals surface area contributed by atoms with Crippen molar-refractivity contribution in [2.75, 3.05) is 13.1 Å². The molecule has 6 N–H and O–H groups in total. The van der Waals surface area contributed by atoms with E-state index in [4.69, 9.17) is 11.5 Å². The summed E-state index contributed by atoms with van der Waals surface area (Å²) in [4.78, 5) is 21.9.